The van der Waals surface area contributed by atoms with E-state index in [0.29, 0.717) is 5.56 Å². The molecule has 0 spiro atoms. The van der Waals surface area contributed by atoms with E-state index < -0.39 is 5.97 Å². The van der Waals surface area contributed by atoms with Crippen LogP contribution in [-0.2, 0) is 4.79 Å². The Hall–Kier alpha value is -1.33. The average Bonchev–Trinajstić information content (AvgIpc) is 2.28. The summed E-state index contributed by atoms with van der Waals surface area (Å²) in [7, 11) is 0. The Morgan fingerprint density at radius 1 is 1.31 bits per heavy atom. The molecule has 0 aliphatic heterocycles. The van der Waals surface area contributed by atoms with Crippen LogP contribution in [0.5, 0.6) is 0 Å². The van der Waals surface area contributed by atoms with Gasteiger partial charge in [0.1, 0.15) is 0 Å². The Morgan fingerprint density at radius 3 is 2.44 bits per heavy atom. The van der Waals surface area contributed by atoms with Gasteiger partial charge in [-0.15, -0.1) is 0 Å². The van der Waals surface area contributed by atoms with Gasteiger partial charge in [0.15, 0.2) is 0 Å². The molecule has 4 nitrogen and oxygen atoms in total. The predicted molar refractivity (Wildman–Crippen MR) is 63.5 cm³/mol. The molecule has 0 unspecified atom stereocenters. The Kier molecular flexibility index (Phi) is 5.01. The number of hydrogen-bond acceptors (Lipinski definition) is 4. The molecule has 0 fully saturated rings. The van der Waals surface area contributed by atoms with E-state index in [4.69, 9.17) is 10.8 Å². The van der Waals surface area contributed by atoms with Gasteiger partial charge >= 0.3 is 5.97 Å². The molecule has 0 aromatic heterocycles. The highest BCUT2D eigenvalue weighted by atomic mass is 32.2. The molecule has 3 N–H and O–H groups in total. The fourth-order valence-corrected chi connectivity index (χ4v) is 2.06. The van der Waals surface area contributed by atoms with Gasteiger partial charge < -0.3 is 10.8 Å². The predicted octanol–water partition coefficient (Wildman–Crippen LogP) is 1.36. The van der Waals surface area contributed by atoms with Crippen molar-refractivity contribution in [2.24, 2.45) is 5.73 Å². The summed E-state index contributed by atoms with van der Waals surface area (Å²) in [5, 5.41) is 8.11. The Morgan fingerprint density at radius 2 is 1.94 bits per heavy atom. The molecule has 5 heteroatoms. The van der Waals surface area contributed by atoms with Crippen molar-refractivity contribution in [3.63, 3.8) is 0 Å². The fourth-order valence-electron chi connectivity index (χ4n) is 1.16. The van der Waals surface area contributed by atoms with E-state index in [2.05, 4.69) is 0 Å². The number of thioether (sulfide) groups is 1. The van der Waals surface area contributed by atoms with Crippen molar-refractivity contribution in [3.8, 4) is 0 Å². The highest BCUT2D eigenvalue weighted by Gasteiger charge is 2.17. The first-order valence-electron chi connectivity index (χ1n) is 4.81. The number of benzene rings is 1. The van der Waals surface area contributed by atoms with Gasteiger partial charge in [0.2, 0.25) is 5.12 Å². The van der Waals surface area contributed by atoms with E-state index in [0.717, 1.165) is 11.8 Å². The molecule has 0 aliphatic rings. The number of carbonyl (C=O) groups excluding carboxylic acids is 1. The van der Waals surface area contributed by atoms with Crippen molar-refractivity contribution in [2.45, 2.75) is 11.7 Å². The smallest absolute Gasteiger partial charge is 0.304 e. The normalized spacial score (nSPS) is 12.1. The van der Waals surface area contributed by atoms with Gasteiger partial charge in [-0.2, -0.15) is 0 Å². The zero-order valence-corrected chi connectivity index (χ0v) is 9.44. The molecular weight excluding hydrogens is 226 g/mol. The summed E-state index contributed by atoms with van der Waals surface area (Å²) < 4.78 is 0. The highest BCUT2D eigenvalue weighted by Crippen LogP contribution is 2.19. The van der Waals surface area contributed by atoms with Crippen molar-refractivity contribution < 1.29 is 14.7 Å². The third kappa shape index (κ3) is 4.04. The molecule has 0 radical (unpaired) electrons. The lowest BCUT2D eigenvalue weighted by Crippen LogP contribution is -2.22. The Bertz CT molecular complexity index is 367. The van der Waals surface area contributed by atoms with Crippen LogP contribution in [0.1, 0.15) is 16.8 Å². The number of hydrogen-bond donors (Lipinski definition) is 2. The topological polar surface area (TPSA) is 80.4 Å². The van der Waals surface area contributed by atoms with E-state index in [1.165, 1.54) is 0 Å². The first-order chi connectivity index (χ1) is 7.63. The summed E-state index contributed by atoms with van der Waals surface area (Å²) in [6, 6.07) is 8.75. The molecule has 16 heavy (non-hydrogen) atoms. The molecule has 1 atom stereocenters. The molecule has 1 aromatic rings. The van der Waals surface area contributed by atoms with Gasteiger partial charge in [0.05, 0.1) is 6.42 Å². The monoisotopic (exact) mass is 239 g/mol. The van der Waals surface area contributed by atoms with Gasteiger partial charge in [-0.05, 0) is 0 Å². The van der Waals surface area contributed by atoms with Gasteiger partial charge in [-0.1, -0.05) is 42.1 Å². The zero-order chi connectivity index (χ0) is 12.0. The summed E-state index contributed by atoms with van der Waals surface area (Å²) in [6.45, 7) is 0.176. The van der Waals surface area contributed by atoms with Crippen molar-refractivity contribution in [3.05, 3.63) is 35.9 Å². The maximum absolute atomic E-state index is 11.7. The standard InChI is InChI=1S/C11H13NO3S/c12-7-9(6-10(13)14)16-11(15)8-4-2-1-3-5-8/h1-5,9H,6-7,12H2,(H,13,14)/t9-/m1/s1. The molecule has 0 bridgehead atoms. The van der Waals surface area contributed by atoms with Crippen LogP contribution in [-0.4, -0.2) is 28.0 Å². The van der Waals surface area contributed by atoms with Gasteiger partial charge in [0.25, 0.3) is 0 Å². The largest absolute Gasteiger partial charge is 0.481 e. The summed E-state index contributed by atoms with van der Waals surface area (Å²) in [4.78, 5) is 22.2. The third-order valence-corrected chi connectivity index (χ3v) is 3.09. The highest BCUT2D eigenvalue weighted by molar-refractivity contribution is 8.14. The maximum Gasteiger partial charge on any atom is 0.304 e. The summed E-state index contributed by atoms with van der Waals surface area (Å²) >= 11 is 0.981. The van der Waals surface area contributed by atoms with Gasteiger partial charge in [0, 0.05) is 17.4 Å². The molecule has 0 amide bonds. The van der Waals surface area contributed by atoms with Crippen LogP contribution in [0.3, 0.4) is 0 Å². The molecule has 0 heterocycles. The number of rotatable bonds is 5. The molecule has 0 saturated carbocycles. The average molecular weight is 239 g/mol. The van der Waals surface area contributed by atoms with Gasteiger partial charge in [-0.25, -0.2) is 0 Å². The second kappa shape index (κ2) is 6.30. The third-order valence-electron chi connectivity index (χ3n) is 1.95. The Labute approximate surface area is 97.8 Å². The van der Waals surface area contributed by atoms with Crippen molar-refractivity contribution in [1.82, 2.24) is 0 Å². The van der Waals surface area contributed by atoms with Crippen LogP contribution in [0.4, 0.5) is 0 Å². The number of nitrogens with two attached hydrogens (primary N) is 1. The lowest BCUT2D eigenvalue weighted by molar-refractivity contribution is -0.136. The molecule has 0 saturated heterocycles. The number of carboxylic acid groups (broad SMARTS) is 1. The molecule has 0 aliphatic carbocycles. The number of carboxylic acids is 1. The van der Waals surface area contributed by atoms with Crippen LogP contribution in [0.15, 0.2) is 30.3 Å². The zero-order valence-electron chi connectivity index (χ0n) is 8.63. The van der Waals surface area contributed by atoms with Crippen LogP contribution in [0.25, 0.3) is 0 Å². The second-order valence-corrected chi connectivity index (χ2v) is 4.50. The SMILES string of the molecule is NC[C@@H](CC(=O)O)SC(=O)c1ccccc1. The first kappa shape index (κ1) is 12.7. The lowest BCUT2D eigenvalue weighted by Gasteiger charge is -2.10. The Balaban J connectivity index is 2.59. The first-order valence-corrected chi connectivity index (χ1v) is 5.69. The van der Waals surface area contributed by atoms with Crippen LogP contribution in [0, 0.1) is 0 Å². The van der Waals surface area contributed by atoms with Gasteiger partial charge in [-0.3, -0.25) is 9.59 Å². The van der Waals surface area contributed by atoms with E-state index in [1.807, 2.05) is 6.07 Å². The fraction of sp³-hybridized carbons (Fsp3) is 0.273. The van der Waals surface area contributed by atoms with Crippen molar-refractivity contribution >= 4 is 22.8 Å². The molecule has 1 rings (SSSR count). The summed E-state index contributed by atoms with van der Waals surface area (Å²) in [5.74, 6) is -0.941. The number of carbonyl (C=O) groups is 2. The van der Waals surface area contributed by atoms with Crippen molar-refractivity contribution in [2.75, 3.05) is 6.54 Å². The van der Waals surface area contributed by atoms with E-state index >= 15 is 0 Å². The van der Waals surface area contributed by atoms with Crippen LogP contribution in [0.2, 0.25) is 0 Å². The van der Waals surface area contributed by atoms with E-state index in [1.54, 1.807) is 24.3 Å². The molecule has 1 aromatic carbocycles. The minimum absolute atomic E-state index is 0.0975. The second-order valence-electron chi connectivity index (χ2n) is 3.23. The van der Waals surface area contributed by atoms with Crippen LogP contribution >= 0.6 is 11.8 Å². The molecular formula is C11H13NO3S. The summed E-state index contributed by atoms with van der Waals surface area (Å²) in [6.07, 6.45) is -0.0975. The van der Waals surface area contributed by atoms with E-state index in [9.17, 15) is 9.59 Å². The maximum atomic E-state index is 11.7. The van der Waals surface area contributed by atoms with E-state index in [-0.39, 0.29) is 23.3 Å². The minimum Gasteiger partial charge on any atom is -0.481 e. The van der Waals surface area contributed by atoms with Crippen LogP contribution < -0.4 is 5.73 Å². The number of aliphatic carboxylic acids is 1. The lowest BCUT2D eigenvalue weighted by atomic mass is 10.2. The minimum atomic E-state index is -0.941. The molecule has 86 valence electrons. The summed E-state index contributed by atoms with van der Waals surface area (Å²) in [5.41, 5.74) is 5.98. The van der Waals surface area contributed by atoms with Crippen molar-refractivity contribution in [1.29, 1.82) is 0 Å². The quantitative estimate of drug-likeness (QED) is 0.811.